The molecule has 0 radical (unpaired) electrons. The molecule has 1 aliphatic rings. The predicted octanol–water partition coefficient (Wildman–Crippen LogP) is 1.91. The molecule has 0 spiro atoms. The van der Waals surface area contributed by atoms with Crippen LogP contribution in [-0.2, 0) is 0 Å². The van der Waals surface area contributed by atoms with Crippen LogP contribution in [0.1, 0.15) is 12.8 Å². The number of ether oxygens (including phenoxy) is 1. The fourth-order valence-corrected chi connectivity index (χ4v) is 1.88. The predicted molar refractivity (Wildman–Crippen MR) is 61.4 cm³/mol. The molecule has 0 saturated carbocycles. The Hall–Kier alpha value is -1.91. The Kier molecular flexibility index (Phi) is 3.37. The Balaban J connectivity index is 1.85. The number of benzene rings is 1. The molecular weight excluding hydrogens is 222 g/mol. The molecule has 0 aromatic heterocycles. The summed E-state index contributed by atoms with van der Waals surface area (Å²) in [4.78, 5) is 12.1. The first-order valence-electron chi connectivity index (χ1n) is 5.59. The number of phenols is 1. The van der Waals surface area contributed by atoms with Crippen LogP contribution >= 0.6 is 0 Å². The second-order valence-electron chi connectivity index (χ2n) is 4.08. The molecule has 1 saturated heterocycles. The summed E-state index contributed by atoms with van der Waals surface area (Å²) >= 11 is 0. The summed E-state index contributed by atoms with van der Waals surface area (Å²) in [7, 11) is 0. The maximum atomic E-state index is 10.7. The quantitative estimate of drug-likeness (QED) is 0.824. The third-order valence-electron chi connectivity index (χ3n) is 2.85. The third-order valence-corrected chi connectivity index (χ3v) is 2.85. The van der Waals surface area contributed by atoms with Crippen LogP contribution in [0, 0.1) is 0 Å². The van der Waals surface area contributed by atoms with Crippen molar-refractivity contribution in [2.45, 2.75) is 18.9 Å². The summed E-state index contributed by atoms with van der Waals surface area (Å²) in [5, 5.41) is 17.9. The van der Waals surface area contributed by atoms with Gasteiger partial charge in [-0.15, -0.1) is 0 Å². The molecule has 5 nitrogen and oxygen atoms in total. The second kappa shape index (κ2) is 4.95. The van der Waals surface area contributed by atoms with Crippen LogP contribution in [0.25, 0.3) is 0 Å². The number of piperidine rings is 1. The minimum Gasteiger partial charge on any atom is -0.508 e. The van der Waals surface area contributed by atoms with E-state index in [-0.39, 0.29) is 11.9 Å². The summed E-state index contributed by atoms with van der Waals surface area (Å²) in [5.41, 5.74) is 0. The van der Waals surface area contributed by atoms with Gasteiger partial charge < -0.3 is 19.8 Å². The number of rotatable bonds is 2. The SMILES string of the molecule is O=C(O)N1CCC(Oc2ccc(O)cc2)CC1. The molecule has 1 aromatic carbocycles. The summed E-state index contributed by atoms with van der Waals surface area (Å²) in [5.74, 6) is 0.912. The van der Waals surface area contributed by atoms with E-state index in [4.69, 9.17) is 14.9 Å². The highest BCUT2D eigenvalue weighted by Gasteiger charge is 2.23. The molecule has 17 heavy (non-hydrogen) atoms. The molecule has 1 heterocycles. The van der Waals surface area contributed by atoms with Gasteiger partial charge >= 0.3 is 6.09 Å². The lowest BCUT2D eigenvalue weighted by Gasteiger charge is -2.30. The van der Waals surface area contributed by atoms with E-state index in [1.54, 1.807) is 24.3 Å². The molecule has 0 unspecified atom stereocenters. The van der Waals surface area contributed by atoms with E-state index in [1.807, 2.05) is 0 Å². The van der Waals surface area contributed by atoms with Crippen LogP contribution in [-0.4, -0.2) is 40.4 Å². The number of hydrogen-bond acceptors (Lipinski definition) is 3. The average Bonchev–Trinajstić information content (AvgIpc) is 2.33. The van der Waals surface area contributed by atoms with Crippen molar-refractivity contribution < 1.29 is 19.7 Å². The lowest BCUT2D eigenvalue weighted by Crippen LogP contribution is -2.41. The van der Waals surface area contributed by atoms with Crippen LogP contribution < -0.4 is 4.74 Å². The first-order chi connectivity index (χ1) is 8.15. The van der Waals surface area contributed by atoms with Gasteiger partial charge in [0.1, 0.15) is 17.6 Å². The number of carbonyl (C=O) groups is 1. The Morgan fingerprint density at radius 1 is 1.24 bits per heavy atom. The van der Waals surface area contributed by atoms with Crippen LogP contribution in [0.4, 0.5) is 4.79 Å². The van der Waals surface area contributed by atoms with Crippen molar-refractivity contribution in [3.63, 3.8) is 0 Å². The van der Waals surface area contributed by atoms with Crippen molar-refractivity contribution in [3.8, 4) is 11.5 Å². The van der Waals surface area contributed by atoms with Gasteiger partial charge in [0.05, 0.1) is 0 Å². The van der Waals surface area contributed by atoms with E-state index in [2.05, 4.69) is 0 Å². The number of aromatic hydroxyl groups is 1. The highest BCUT2D eigenvalue weighted by molar-refractivity contribution is 5.65. The van der Waals surface area contributed by atoms with E-state index in [9.17, 15) is 4.79 Å². The molecule has 0 aliphatic carbocycles. The van der Waals surface area contributed by atoms with Gasteiger partial charge in [0.2, 0.25) is 0 Å². The molecule has 1 aliphatic heterocycles. The summed E-state index contributed by atoms with van der Waals surface area (Å²) in [6.07, 6.45) is 0.587. The smallest absolute Gasteiger partial charge is 0.407 e. The molecule has 1 fully saturated rings. The Labute approximate surface area is 99.2 Å². The maximum Gasteiger partial charge on any atom is 0.407 e. The van der Waals surface area contributed by atoms with Crippen LogP contribution in [0.2, 0.25) is 0 Å². The van der Waals surface area contributed by atoms with E-state index in [0.717, 1.165) is 0 Å². The van der Waals surface area contributed by atoms with Gasteiger partial charge in [0, 0.05) is 25.9 Å². The Morgan fingerprint density at radius 3 is 2.35 bits per heavy atom. The second-order valence-corrected chi connectivity index (χ2v) is 4.08. The van der Waals surface area contributed by atoms with Crippen molar-refractivity contribution >= 4 is 6.09 Å². The molecule has 2 rings (SSSR count). The van der Waals surface area contributed by atoms with Gasteiger partial charge in [-0.2, -0.15) is 0 Å². The molecule has 1 aromatic rings. The number of likely N-dealkylation sites (tertiary alicyclic amines) is 1. The van der Waals surface area contributed by atoms with Gasteiger partial charge in [-0.1, -0.05) is 0 Å². The van der Waals surface area contributed by atoms with Gasteiger partial charge in [0.25, 0.3) is 0 Å². The van der Waals surface area contributed by atoms with Gasteiger partial charge in [0.15, 0.2) is 0 Å². The maximum absolute atomic E-state index is 10.7. The lowest BCUT2D eigenvalue weighted by molar-refractivity contribution is 0.0894. The largest absolute Gasteiger partial charge is 0.508 e. The average molecular weight is 237 g/mol. The van der Waals surface area contributed by atoms with Crippen molar-refractivity contribution in [3.05, 3.63) is 24.3 Å². The topological polar surface area (TPSA) is 70.0 Å². The molecule has 5 heteroatoms. The fourth-order valence-electron chi connectivity index (χ4n) is 1.88. The van der Waals surface area contributed by atoms with Gasteiger partial charge in [-0.05, 0) is 24.3 Å². The number of nitrogens with zero attached hydrogens (tertiary/aromatic N) is 1. The Morgan fingerprint density at radius 2 is 1.82 bits per heavy atom. The van der Waals surface area contributed by atoms with Crippen LogP contribution in [0.15, 0.2) is 24.3 Å². The zero-order valence-electron chi connectivity index (χ0n) is 9.37. The number of carboxylic acid groups (broad SMARTS) is 1. The van der Waals surface area contributed by atoms with E-state index < -0.39 is 6.09 Å². The zero-order chi connectivity index (χ0) is 12.3. The molecular formula is C12H15NO4. The van der Waals surface area contributed by atoms with E-state index >= 15 is 0 Å². The van der Waals surface area contributed by atoms with E-state index in [1.165, 1.54) is 4.90 Å². The van der Waals surface area contributed by atoms with Crippen LogP contribution in [0.3, 0.4) is 0 Å². The minimum absolute atomic E-state index is 0.0511. The highest BCUT2D eigenvalue weighted by Crippen LogP contribution is 2.21. The zero-order valence-corrected chi connectivity index (χ0v) is 9.37. The molecule has 0 bridgehead atoms. The lowest BCUT2D eigenvalue weighted by atomic mass is 10.1. The number of amides is 1. The fraction of sp³-hybridized carbons (Fsp3) is 0.417. The van der Waals surface area contributed by atoms with Crippen LogP contribution in [0.5, 0.6) is 11.5 Å². The molecule has 1 amide bonds. The third kappa shape index (κ3) is 3.03. The monoisotopic (exact) mass is 237 g/mol. The molecule has 0 atom stereocenters. The van der Waals surface area contributed by atoms with E-state index in [0.29, 0.717) is 31.7 Å². The standard InChI is InChI=1S/C12H15NO4/c14-9-1-3-10(4-2-9)17-11-5-7-13(8-6-11)12(15)16/h1-4,11,14H,5-8H2,(H,15,16). The molecule has 92 valence electrons. The van der Waals surface area contributed by atoms with Gasteiger partial charge in [-0.3, -0.25) is 0 Å². The Bertz CT molecular complexity index is 382. The first kappa shape index (κ1) is 11.6. The summed E-state index contributed by atoms with van der Waals surface area (Å²) < 4.78 is 5.71. The summed E-state index contributed by atoms with van der Waals surface area (Å²) in [6, 6.07) is 6.56. The van der Waals surface area contributed by atoms with Crippen molar-refractivity contribution in [1.82, 2.24) is 4.90 Å². The first-order valence-corrected chi connectivity index (χ1v) is 5.59. The number of phenolic OH excluding ortho intramolecular Hbond substituents is 1. The van der Waals surface area contributed by atoms with Gasteiger partial charge in [-0.25, -0.2) is 4.79 Å². The normalized spacial score (nSPS) is 16.8. The highest BCUT2D eigenvalue weighted by atomic mass is 16.5. The molecule has 2 N–H and O–H groups in total. The number of hydrogen-bond donors (Lipinski definition) is 2. The minimum atomic E-state index is -0.868. The van der Waals surface area contributed by atoms with Crippen molar-refractivity contribution in [2.24, 2.45) is 0 Å². The van der Waals surface area contributed by atoms with Crippen molar-refractivity contribution in [2.75, 3.05) is 13.1 Å². The summed E-state index contributed by atoms with van der Waals surface area (Å²) in [6.45, 7) is 1.02. The van der Waals surface area contributed by atoms with Crippen molar-refractivity contribution in [1.29, 1.82) is 0 Å².